The van der Waals surface area contributed by atoms with Gasteiger partial charge < -0.3 is 10.5 Å². The van der Waals surface area contributed by atoms with Crippen LogP contribution in [0.1, 0.15) is 5.56 Å². The van der Waals surface area contributed by atoms with Gasteiger partial charge in [-0.15, -0.1) is 0 Å². The van der Waals surface area contributed by atoms with Crippen molar-refractivity contribution in [1.29, 1.82) is 5.26 Å². The summed E-state index contributed by atoms with van der Waals surface area (Å²) in [6.07, 6.45) is 4.53. The third kappa shape index (κ3) is 2.07. The first-order valence-electron chi connectivity index (χ1n) is 4.53. The van der Waals surface area contributed by atoms with Crippen LogP contribution in [0.25, 0.3) is 0 Å². The van der Waals surface area contributed by atoms with Crippen molar-refractivity contribution in [2.24, 2.45) is 0 Å². The maximum Gasteiger partial charge on any atom is 0.237 e. The summed E-state index contributed by atoms with van der Waals surface area (Å²) in [5, 5.41) is 8.90. The fourth-order valence-corrected chi connectivity index (χ4v) is 1.17. The Kier molecular flexibility index (Phi) is 2.65. The molecule has 1 aromatic carbocycles. The number of nitrogen functional groups attached to an aromatic ring is 1. The lowest BCUT2D eigenvalue weighted by molar-refractivity contribution is 0.459. The Morgan fingerprint density at radius 3 is 2.88 bits per heavy atom. The van der Waals surface area contributed by atoms with E-state index >= 15 is 0 Å². The normalized spacial score (nSPS) is 9.44. The van der Waals surface area contributed by atoms with E-state index in [4.69, 9.17) is 15.7 Å². The van der Waals surface area contributed by atoms with Crippen LogP contribution in [0.3, 0.4) is 0 Å². The molecule has 0 saturated heterocycles. The molecule has 0 aliphatic carbocycles. The molecule has 0 fully saturated rings. The molecule has 78 valence electrons. The van der Waals surface area contributed by atoms with Gasteiger partial charge in [0.2, 0.25) is 5.88 Å². The zero-order valence-electron chi connectivity index (χ0n) is 8.29. The number of benzene rings is 1. The fourth-order valence-electron chi connectivity index (χ4n) is 1.17. The number of hydrogen-bond acceptors (Lipinski definition) is 5. The maximum absolute atomic E-state index is 8.90. The molecule has 0 aliphatic rings. The van der Waals surface area contributed by atoms with E-state index in [0.717, 1.165) is 0 Å². The molecule has 0 unspecified atom stereocenters. The van der Waals surface area contributed by atoms with Gasteiger partial charge in [-0.1, -0.05) is 0 Å². The topological polar surface area (TPSA) is 84.8 Å². The predicted molar refractivity (Wildman–Crippen MR) is 57.7 cm³/mol. The Bertz CT molecular complexity index is 533. The monoisotopic (exact) mass is 212 g/mol. The summed E-state index contributed by atoms with van der Waals surface area (Å²) in [4.78, 5) is 7.81. The molecule has 2 rings (SSSR count). The second kappa shape index (κ2) is 4.28. The third-order valence-corrected chi connectivity index (χ3v) is 1.88. The largest absolute Gasteiger partial charge is 0.436 e. The quantitative estimate of drug-likeness (QED) is 0.766. The van der Waals surface area contributed by atoms with Gasteiger partial charge in [0, 0.05) is 18.1 Å². The second-order valence-electron chi connectivity index (χ2n) is 3.01. The summed E-state index contributed by atoms with van der Waals surface area (Å²) in [5.41, 5.74) is 6.44. The first kappa shape index (κ1) is 9.93. The van der Waals surface area contributed by atoms with Gasteiger partial charge in [0.05, 0.1) is 11.8 Å². The van der Waals surface area contributed by atoms with Crippen LogP contribution in [0.15, 0.2) is 36.8 Å². The minimum absolute atomic E-state index is 0.337. The molecular formula is C11H8N4O. The number of nitriles is 1. The number of ether oxygens (including phenoxy) is 1. The molecule has 5 heteroatoms. The van der Waals surface area contributed by atoms with Gasteiger partial charge in [0.25, 0.3) is 0 Å². The average molecular weight is 212 g/mol. The highest BCUT2D eigenvalue weighted by Gasteiger charge is 2.05. The van der Waals surface area contributed by atoms with Crippen LogP contribution < -0.4 is 10.5 Å². The van der Waals surface area contributed by atoms with Crippen LogP contribution in [-0.2, 0) is 0 Å². The number of nitrogens with two attached hydrogens (primary N) is 1. The zero-order chi connectivity index (χ0) is 11.4. The molecule has 5 nitrogen and oxygen atoms in total. The van der Waals surface area contributed by atoms with E-state index in [1.807, 2.05) is 6.07 Å². The molecule has 0 aliphatic heterocycles. The molecule has 0 radical (unpaired) electrons. The lowest BCUT2D eigenvalue weighted by atomic mass is 10.2. The van der Waals surface area contributed by atoms with E-state index in [1.54, 1.807) is 24.4 Å². The Labute approximate surface area is 92.1 Å². The van der Waals surface area contributed by atoms with Crippen molar-refractivity contribution >= 4 is 5.69 Å². The van der Waals surface area contributed by atoms with Crippen molar-refractivity contribution < 1.29 is 4.74 Å². The second-order valence-corrected chi connectivity index (χ2v) is 3.01. The average Bonchev–Trinajstić information content (AvgIpc) is 2.33. The first-order valence-corrected chi connectivity index (χ1v) is 4.53. The van der Waals surface area contributed by atoms with Crippen molar-refractivity contribution in [3.63, 3.8) is 0 Å². The van der Waals surface area contributed by atoms with Gasteiger partial charge >= 0.3 is 0 Å². The molecule has 0 amide bonds. The van der Waals surface area contributed by atoms with Gasteiger partial charge in [-0.2, -0.15) is 5.26 Å². The summed E-state index contributed by atoms with van der Waals surface area (Å²) >= 11 is 0. The van der Waals surface area contributed by atoms with Crippen LogP contribution in [0.4, 0.5) is 5.69 Å². The summed E-state index contributed by atoms with van der Waals surface area (Å²) in [6.45, 7) is 0. The van der Waals surface area contributed by atoms with Crippen molar-refractivity contribution in [3.05, 3.63) is 42.4 Å². The SMILES string of the molecule is N#Cc1cc(N)ccc1Oc1cnccn1. The van der Waals surface area contributed by atoms with Crippen molar-refractivity contribution in [2.75, 3.05) is 5.73 Å². The zero-order valence-corrected chi connectivity index (χ0v) is 8.29. The summed E-state index contributed by atoms with van der Waals surface area (Å²) in [6, 6.07) is 6.84. The Hall–Kier alpha value is -2.61. The van der Waals surface area contributed by atoms with Crippen LogP contribution in [0, 0.1) is 11.3 Å². The maximum atomic E-state index is 8.90. The van der Waals surface area contributed by atoms with Gasteiger partial charge in [0.15, 0.2) is 0 Å². The van der Waals surface area contributed by atoms with Crippen LogP contribution >= 0.6 is 0 Å². The smallest absolute Gasteiger partial charge is 0.237 e. The minimum atomic E-state index is 0.337. The summed E-state index contributed by atoms with van der Waals surface area (Å²) < 4.78 is 5.40. The number of aromatic nitrogens is 2. The molecule has 2 N–H and O–H groups in total. The molecule has 0 atom stereocenters. The molecule has 1 heterocycles. The predicted octanol–water partition coefficient (Wildman–Crippen LogP) is 1.72. The van der Waals surface area contributed by atoms with Gasteiger partial charge in [-0.05, 0) is 18.2 Å². The van der Waals surface area contributed by atoms with E-state index < -0.39 is 0 Å². The van der Waals surface area contributed by atoms with Gasteiger partial charge in [-0.3, -0.25) is 4.98 Å². The van der Waals surface area contributed by atoms with E-state index in [0.29, 0.717) is 22.9 Å². The van der Waals surface area contributed by atoms with Crippen LogP contribution in [-0.4, -0.2) is 9.97 Å². The van der Waals surface area contributed by atoms with E-state index in [9.17, 15) is 0 Å². The summed E-state index contributed by atoms with van der Waals surface area (Å²) in [5.74, 6) is 0.751. The molecule has 1 aromatic heterocycles. The Morgan fingerprint density at radius 1 is 1.31 bits per heavy atom. The van der Waals surface area contributed by atoms with Crippen molar-refractivity contribution in [1.82, 2.24) is 9.97 Å². The number of nitrogens with zero attached hydrogens (tertiary/aromatic N) is 3. The number of hydrogen-bond donors (Lipinski definition) is 1. The standard InChI is InChI=1S/C11H8N4O/c12-6-8-5-9(13)1-2-10(8)16-11-7-14-3-4-15-11/h1-5,7H,13H2. The number of anilines is 1. The van der Waals surface area contributed by atoms with Crippen molar-refractivity contribution in [3.8, 4) is 17.7 Å². The van der Waals surface area contributed by atoms with E-state index in [1.165, 1.54) is 12.4 Å². The Balaban J connectivity index is 2.32. The van der Waals surface area contributed by atoms with E-state index in [-0.39, 0.29) is 0 Å². The minimum Gasteiger partial charge on any atom is -0.436 e. The highest BCUT2D eigenvalue weighted by molar-refractivity contribution is 5.53. The molecule has 2 aromatic rings. The number of rotatable bonds is 2. The highest BCUT2D eigenvalue weighted by atomic mass is 16.5. The van der Waals surface area contributed by atoms with Crippen LogP contribution in [0.2, 0.25) is 0 Å². The third-order valence-electron chi connectivity index (χ3n) is 1.88. The fraction of sp³-hybridized carbons (Fsp3) is 0. The van der Waals surface area contributed by atoms with Crippen molar-refractivity contribution in [2.45, 2.75) is 0 Å². The molecule has 16 heavy (non-hydrogen) atoms. The van der Waals surface area contributed by atoms with Gasteiger partial charge in [-0.25, -0.2) is 4.98 Å². The molecular weight excluding hydrogens is 204 g/mol. The molecule has 0 saturated carbocycles. The highest BCUT2D eigenvalue weighted by Crippen LogP contribution is 2.24. The molecule has 0 spiro atoms. The Morgan fingerprint density at radius 2 is 2.19 bits per heavy atom. The van der Waals surface area contributed by atoms with E-state index in [2.05, 4.69) is 9.97 Å². The van der Waals surface area contributed by atoms with Crippen LogP contribution in [0.5, 0.6) is 11.6 Å². The lowest BCUT2D eigenvalue weighted by Crippen LogP contribution is -1.93. The first-order chi connectivity index (χ1) is 7.79. The molecule has 0 bridgehead atoms. The van der Waals surface area contributed by atoms with Gasteiger partial charge in [0.1, 0.15) is 11.8 Å². The summed E-state index contributed by atoms with van der Waals surface area (Å²) in [7, 11) is 0. The lowest BCUT2D eigenvalue weighted by Gasteiger charge is -2.05.